The second-order valence-corrected chi connectivity index (χ2v) is 8.43. The zero-order valence-electron chi connectivity index (χ0n) is 15.2. The average molecular weight is 389 g/mol. The molecule has 1 saturated heterocycles. The maximum Gasteiger partial charge on any atom is 0.242 e. The van der Waals surface area contributed by atoms with Gasteiger partial charge in [-0.1, -0.05) is 12.1 Å². The van der Waals surface area contributed by atoms with Crippen molar-refractivity contribution in [2.45, 2.75) is 30.3 Å². The van der Waals surface area contributed by atoms with Crippen LogP contribution in [0.3, 0.4) is 0 Å². The highest BCUT2D eigenvalue weighted by atomic mass is 32.2. The third-order valence-corrected chi connectivity index (χ3v) is 5.49. The Morgan fingerprint density at radius 2 is 1.78 bits per heavy atom. The number of carbonyl (C=O) groups excluding carboxylic acids is 1. The van der Waals surface area contributed by atoms with Crippen molar-refractivity contribution in [2.24, 2.45) is 0 Å². The van der Waals surface area contributed by atoms with Crippen LogP contribution < -0.4 is 20.9 Å². The van der Waals surface area contributed by atoms with Gasteiger partial charge in [0.05, 0.1) is 11.5 Å². The van der Waals surface area contributed by atoms with E-state index in [9.17, 15) is 13.2 Å². The van der Waals surface area contributed by atoms with Gasteiger partial charge in [0, 0.05) is 18.0 Å². The Morgan fingerprint density at radius 3 is 2.37 bits per heavy atom. The Hall–Kier alpha value is -2.42. The quantitative estimate of drug-likeness (QED) is 0.700. The molecule has 0 aromatic heterocycles. The highest BCUT2D eigenvalue weighted by Crippen LogP contribution is 2.25. The molecule has 0 saturated carbocycles. The number of ether oxygens (including phenoxy) is 1. The van der Waals surface area contributed by atoms with E-state index in [0.717, 1.165) is 17.6 Å². The molecule has 7 nitrogen and oxygen atoms in total. The summed E-state index contributed by atoms with van der Waals surface area (Å²) in [6.45, 7) is 2.56. The molecule has 0 spiro atoms. The molecule has 0 bridgehead atoms. The van der Waals surface area contributed by atoms with Crippen molar-refractivity contribution in [1.82, 2.24) is 10.9 Å². The maximum atomic E-state index is 12.5. The van der Waals surface area contributed by atoms with Crippen molar-refractivity contribution in [3.8, 4) is 5.75 Å². The van der Waals surface area contributed by atoms with Crippen molar-refractivity contribution in [2.75, 3.05) is 18.2 Å². The lowest BCUT2D eigenvalue weighted by Crippen LogP contribution is -2.39. The van der Waals surface area contributed by atoms with Crippen LogP contribution >= 0.6 is 0 Å². The van der Waals surface area contributed by atoms with Gasteiger partial charge in [-0.05, 0) is 55.3 Å². The van der Waals surface area contributed by atoms with Crippen molar-refractivity contribution in [3.63, 3.8) is 0 Å². The van der Waals surface area contributed by atoms with E-state index in [-0.39, 0.29) is 16.8 Å². The van der Waals surface area contributed by atoms with Crippen LogP contribution in [0.4, 0.5) is 5.69 Å². The summed E-state index contributed by atoms with van der Waals surface area (Å²) in [5, 5.41) is 2.80. The molecular weight excluding hydrogens is 366 g/mol. The molecule has 1 fully saturated rings. The second kappa shape index (κ2) is 8.08. The fraction of sp³-hybridized carbons (Fsp3) is 0.316. The van der Waals surface area contributed by atoms with Crippen LogP contribution in [0.5, 0.6) is 5.75 Å². The van der Waals surface area contributed by atoms with Crippen LogP contribution in [0.1, 0.15) is 24.9 Å². The molecule has 27 heavy (non-hydrogen) atoms. The highest BCUT2D eigenvalue weighted by molar-refractivity contribution is 7.90. The summed E-state index contributed by atoms with van der Waals surface area (Å²) in [5.41, 5.74) is 7.77. The van der Waals surface area contributed by atoms with Gasteiger partial charge >= 0.3 is 0 Å². The molecule has 2 unspecified atom stereocenters. The van der Waals surface area contributed by atoms with Crippen molar-refractivity contribution in [3.05, 3.63) is 54.1 Å². The lowest BCUT2D eigenvalue weighted by Gasteiger charge is -2.11. The summed E-state index contributed by atoms with van der Waals surface area (Å²) in [5.74, 6) is 0.641. The number of rotatable bonds is 6. The third kappa shape index (κ3) is 4.85. The standard InChI is InChI=1S/C19H23N3O4S/c1-3-26-15-8-4-13(5-9-15)17-12-18(22-21-17)19(23)20-14-6-10-16(11-7-14)27(2,24)25/h4-11,17-18,21-22H,3,12H2,1-2H3,(H,20,23). The number of hydrogen-bond acceptors (Lipinski definition) is 6. The van der Waals surface area contributed by atoms with E-state index >= 15 is 0 Å². The summed E-state index contributed by atoms with van der Waals surface area (Å²) in [4.78, 5) is 12.7. The first-order valence-corrected chi connectivity index (χ1v) is 10.6. The van der Waals surface area contributed by atoms with Gasteiger partial charge in [0.1, 0.15) is 11.8 Å². The van der Waals surface area contributed by atoms with E-state index < -0.39 is 15.9 Å². The average Bonchev–Trinajstić information content (AvgIpc) is 3.13. The molecule has 2 aromatic rings. The largest absolute Gasteiger partial charge is 0.494 e. The molecule has 1 aliphatic heterocycles. The number of hydrazine groups is 1. The zero-order chi connectivity index (χ0) is 19.4. The van der Waals surface area contributed by atoms with E-state index in [4.69, 9.17) is 4.74 Å². The SMILES string of the molecule is CCOc1ccc(C2CC(C(=O)Nc3ccc(S(C)(=O)=O)cc3)NN2)cc1. The normalized spacial score (nSPS) is 19.6. The molecule has 3 N–H and O–H groups in total. The summed E-state index contributed by atoms with van der Waals surface area (Å²) < 4.78 is 28.4. The molecule has 1 aliphatic rings. The van der Waals surface area contributed by atoms with E-state index in [2.05, 4.69) is 16.2 Å². The van der Waals surface area contributed by atoms with Gasteiger partial charge in [0.25, 0.3) is 0 Å². The Labute approximate surface area is 159 Å². The minimum absolute atomic E-state index is 0.0176. The summed E-state index contributed by atoms with van der Waals surface area (Å²) >= 11 is 0. The van der Waals surface area contributed by atoms with Crippen LogP contribution in [0.2, 0.25) is 0 Å². The van der Waals surface area contributed by atoms with Crippen LogP contribution in [-0.2, 0) is 14.6 Å². The van der Waals surface area contributed by atoms with Gasteiger partial charge in [-0.2, -0.15) is 0 Å². The van der Waals surface area contributed by atoms with Crippen molar-refractivity contribution in [1.29, 1.82) is 0 Å². The number of nitrogens with one attached hydrogen (secondary N) is 3. The Morgan fingerprint density at radius 1 is 1.11 bits per heavy atom. The first-order valence-electron chi connectivity index (χ1n) is 8.71. The zero-order valence-corrected chi connectivity index (χ0v) is 16.0. The predicted octanol–water partition coefficient (Wildman–Crippen LogP) is 2.04. The lowest BCUT2D eigenvalue weighted by molar-refractivity contribution is -0.117. The first-order chi connectivity index (χ1) is 12.9. The summed E-state index contributed by atoms with van der Waals surface area (Å²) in [6, 6.07) is 13.5. The number of carbonyl (C=O) groups is 1. The Balaban J connectivity index is 1.59. The van der Waals surface area contributed by atoms with Crippen LogP contribution in [0, 0.1) is 0 Å². The van der Waals surface area contributed by atoms with Gasteiger partial charge in [0.15, 0.2) is 9.84 Å². The van der Waals surface area contributed by atoms with Crippen LogP contribution in [-0.4, -0.2) is 33.2 Å². The fourth-order valence-corrected chi connectivity index (χ4v) is 3.56. The van der Waals surface area contributed by atoms with Crippen molar-refractivity contribution < 1.29 is 17.9 Å². The Kier molecular flexibility index (Phi) is 5.79. The van der Waals surface area contributed by atoms with Gasteiger partial charge in [-0.25, -0.2) is 19.3 Å². The molecule has 3 rings (SSSR count). The molecule has 8 heteroatoms. The predicted molar refractivity (Wildman–Crippen MR) is 103 cm³/mol. The van der Waals surface area contributed by atoms with E-state index in [0.29, 0.717) is 18.7 Å². The van der Waals surface area contributed by atoms with Crippen LogP contribution in [0.25, 0.3) is 0 Å². The fourth-order valence-electron chi connectivity index (χ4n) is 2.92. The molecular formula is C19H23N3O4S. The molecule has 0 radical (unpaired) electrons. The van der Waals surface area contributed by atoms with Gasteiger partial charge < -0.3 is 10.1 Å². The van der Waals surface area contributed by atoms with E-state index in [1.165, 1.54) is 12.1 Å². The van der Waals surface area contributed by atoms with Crippen LogP contribution in [0.15, 0.2) is 53.4 Å². The molecule has 2 atom stereocenters. The maximum absolute atomic E-state index is 12.5. The first kappa shape index (κ1) is 19.3. The Bertz CT molecular complexity index is 896. The van der Waals surface area contributed by atoms with E-state index in [1.54, 1.807) is 12.1 Å². The number of hydrogen-bond donors (Lipinski definition) is 3. The highest BCUT2D eigenvalue weighted by Gasteiger charge is 2.30. The van der Waals surface area contributed by atoms with Crippen molar-refractivity contribution >= 4 is 21.4 Å². The molecule has 144 valence electrons. The number of amides is 1. The molecule has 2 aromatic carbocycles. The van der Waals surface area contributed by atoms with Gasteiger partial charge in [0.2, 0.25) is 5.91 Å². The number of benzene rings is 2. The van der Waals surface area contributed by atoms with E-state index in [1.807, 2.05) is 31.2 Å². The molecule has 0 aliphatic carbocycles. The second-order valence-electron chi connectivity index (χ2n) is 6.42. The summed E-state index contributed by atoms with van der Waals surface area (Å²) in [6.07, 6.45) is 1.75. The monoisotopic (exact) mass is 389 g/mol. The molecule has 1 heterocycles. The number of sulfone groups is 1. The minimum Gasteiger partial charge on any atom is -0.494 e. The topological polar surface area (TPSA) is 96.5 Å². The smallest absolute Gasteiger partial charge is 0.242 e. The minimum atomic E-state index is -3.25. The van der Waals surface area contributed by atoms with Gasteiger partial charge in [-0.15, -0.1) is 0 Å². The lowest BCUT2D eigenvalue weighted by atomic mass is 10.0. The number of anilines is 1. The van der Waals surface area contributed by atoms with Gasteiger partial charge in [-0.3, -0.25) is 4.79 Å². The molecule has 1 amide bonds. The third-order valence-electron chi connectivity index (χ3n) is 4.36. The summed E-state index contributed by atoms with van der Waals surface area (Å²) in [7, 11) is -3.25.